The summed E-state index contributed by atoms with van der Waals surface area (Å²) in [5.74, 6) is -0.276. The van der Waals surface area contributed by atoms with Crippen LogP contribution < -0.4 is 16.3 Å². The molecule has 9 nitrogen and oxygen atoms in total. The first-order valence-electron chi connectivity index (χ1n) is 19.1. The van der Waals surface area contributed by atoms with Crippen LogP contribution in [0.25, 0.3) is 120 Å². The molecule has 12 aromatic rings. The fraction of sp³-hybridized carbons (Fsp3) is 0. The maximum atomic E-state index is 14.7. The van der Waals surface area contributed by atoms with Gasteiger partial charge in [0.2, 0.25) is 16.3 Å². The Balaban J connectivity index is 1.17. The summed E-state index contributed by atoms with van der Waals surface area (Å²) in [7, 11) is 0. The first-order chi connectivity index (χ1) is 29.2. The van der Waals surface area contributed by atoms with Crippen LogP contribution in [-0.2, 0) is 0 Å². The second-order valence-corrected chi connectivity index (χ2v) is 15.1. The Bertz CT molecular complexity index is 4120. The molecule has 60 heavy (non-hydrogen) atoms. The minimum atomic E-state index is -0.362. The van der Waals surface area contributed by atoms with E-state index in [1.54, 1.807) is 30.3 Å². The summed E-state index contributed by atoms with van der Waals surface area (Å²) in [6.45, 7) is 0. The highest BCUT2D eigenvalue weighted by Crippen LogP contribution is 2.42. The summed E-state index contributed by atoms with van der Waals surface area (Å²) in [6.07, 6.45) is 0. The van der Waals surface area contributed by atoms with E-state index >= 15 is 0 Å². The number of hydrogen-bond donors (Lipinski definition) is 3. The standard InChI is InChI=1S/C51H26O9/c52-29-14-17-39-37(22-29)48(56)45-34-19-28(35-20-25-4-1-2-5-31(25)44-49(57)46-38(54)6-3-7-40(46)60-50(35)44)11-10-26(34)21-36(51(45)59-39)27-9-8-24-12-16-41-43(33(24)18-27)47(55)32-15-13-30(53)23-42(32)58-41/h1-23,52-54H. The minimum absolute atomic E-state index is 0.0143. The van der Waals surface area contributed by atoms with Gasteiger partial charge in [0.15, 0.2) is 0 Å². The highest BCUT2D eigenvalue weighted by atomic mass is 16.3. The lowest BCUT2D eigenvalue weighted by Crippen LogP contribution is -2.05. The van der Waals surface area contributed by atoms with Gasteiger partial charge in [0.25, 0.3) is 0 Å². The molecule has 9 aromatic carbocycles. The molecule has 0 aliphatic heterocycles. The van der Waals surface area contributed by atoms with Crippen molar-refractivity contribution in [1.82, 2.24) is 0 Å². The van der Waals surface area contributed by atoms with Crippen LogP contribution in [0.3, 0.4) is 0 Å². The molecule has 0 fully saturated rings. The SMILES string of the molecule is O=c1c2ccc(O)cc2oc2ccc3ccc(-c4cc5ccc(-c6cc7ccccc7c7c(=O)c8c(O)cccc8oc67)cc5c5c(=O)c6cc(O)ccc6oc45)cc3c12. The third-order valence-corrected chi connectivity index (χ3v) is 11.7. The lowest BCUT2D eigenvalue weighted by atomic mass is 9.91. The predicted octanol–water partition coefficient (Wildman–Crippen LogP) is 11.4. The second-order valence-electron chi connectivity index (χ2n) is 15.1. The molecule has 0 saturated heterocycles. The summed E-state index contributed by atoms with van der Waals surface area (Å²) in [4.78, 5) is 42.9. The molecule has 9 heteroatoms. The van der Waals surface area contributed by atoms with Crippen LogP contribution in [0.1, 0.15) is 0 Å². The summed E-state index contributed by atoms with van der Waals surface area (Å²) in [5.41, 5.74) is 3.35. The van der Waals surface area contributed by atoms with Crippen molar-refractivity contribution >= 4 is 98.1 Å². The highest BCUT2D eigenvalue weighted by Gasteiger charge is 2.22. The molecule has 0 saturated carbocycles. The third-order valence-electron chi connectivity index (χ3n) is 11.7. The molecule has 3 heterocycles. The van der Waals surface area contributed by atoms with E-state index in [0.717, 1.165) is 10.8 Å². The topological polar surface area (TPSA) is 151 Å². The Morgan fingerprint density at radius 3 is 1.75 bits per heavy atom. The fourth-order valence-electron chi connectivity index (χ4n) is 8.88. The summed E-state index contributed by atoms with van der Waals surface area (Å²) < 4.78 is 19.2. The highest BCUT2D eigenvalue weighted by molar-refractivity contribution is 6.18. The molecule has 0 aliphatic carbocycles. The van der Waals surface area contributed by atoms with Crippen LogP contribution in [0, 0.1) is 0 Å². The molecule has 0 unspecified atom stereocenters. The summed E-state index contributed by atoms with van der Waals surface area (Å²) >= 11 is 0. The van der Waals surface area contributed by atoms with Gasteiger partial charge in [0.1, 0.15) is 56.1 Å². The van der Waals surface area contributed by atoms with Gasteiger partial charge in [-0.15, -0.1) is 0 Å². The molecule has 0 amide bonds. The second kappa shape index (κ2) is 12.0. The van der Waals surface area contributed by atoms with E-state index in [4.69, 9.17) is 13.3 Å². The van der Waals surface area contributed by atoms with Crippen molar-refractivity contribution in [1.29, 1.82) is 0 Å². The van der Waals surface area contributed by atoms with Crippen molar-refractivity contribution in [2.24, 2.45) is 0 Å². The lowest BCUT2D eigenvalue weighted by molar-refractivity contribution is 0.474. The van der Waals surface area contributed by atoms with Gasteiger partial charge in [0.05, 0.1) is 26.9 Å². The molecule has 3 aromatic heterocycles. The normalized spacial score (nSPS) is 12.1. The van der Waals surface area contributed by atoms with Crippen molar-refractivity contribution in [3.8, 4) is 39.5 Å². The average Bonchev–Trinajstić information content (AvgIpc) is 3.25. The fourth-order valence-corrected chi connectivity index (χ4v) is 8.88. The number of fused-ring (bicyclic) bond motifs is 12. The number of benzene rings is 9. The van der Waals surface area contributed by atoms with E-state index in [0.29, 0.717) is 76.7 Å². The van der Waals surface area contributed by atoms with Crippen LogP contribution in [0.5, 0.6) is 17.2 Å². The Labute approximate surface area is 335 Å². The third kappa shape index (κ3) is 4.71. The van der Waals surface area contributed by atoms with Crippen molar-refractivity contribution in [2.75, 3.05) is 0 Å². The quantitative estimate of drug-likeness (QED) is 0.115. The summed E-state index contributed by atoms with van der Waals surface area (Å²) in [6, 6.07) is 39.9. The number of phenols is 3. The lowest BCUT2D eigenvalue weighted by Gasteiger charge is -2.15. The Kier molecular flexibility index (Phi) is 6.76. The number of aromatic hydroxyl groups is 3. The Morgan fingerprint density at radius 1 is 0.350 bits per heavy atom. The van der Waals surface area contributed by atoms with E-state index in [9.17, 15) is 29.7 Å². The van der Waals surface area contributed by atoms with Gasteiger partial charge in [-0.2, -0.15) is 0 Å². The van der Waals surface area contributed by atoms with Gasteiger partial charge in [-0.25, -0.2) is 0 Å². The zero-order chi connectivity index (χ0) is 40.6. The molecular weight excluding hydrogens is 757 g/mol. The number of phenolic OH excluding ortho intramolecular Hbond substituents is 3. The molecule has 0 atom stereocenters. The molecule has 0 radical (unpaired) electrons. The molecule has 0 bridgehead atoms. The largest absolute Gasteiger partial charge is 0.508 e. The van der Waals surface area contributed by atoms with Crippen LogP contribution in [0.2, 0.25) is 0 Å². The van der Waals surface area contributed by atoms with E-state index < -0.39 is 0 Å². The van der Waals surface area contributed by atoms with E-state index in [1.807, 2.05) is 78.9 Å². The van der Waals surface area contributed by atoms with Gasteiger partial charge >= 0.3 is 0 Å². The van der Waals surface area contributed by atoms with Crippen LogP contribution >= 0.6 is 0 Å². The number of rotatable bonds is 2. The minimum Gasteiger partial charge on any atom is -0.508 e. The van der Waals surface area contributed by atoms with E-state index in [2.05, 4.69) is 0 Å². The van der Waals surface area contributed by atoms with Gasteiger partial charge in [-0.05, 0) is 116 Å². The first-order valence-corrected chi connectivity index (χ1v) is 19.1. The maximum Gasteiger partial charge on any atom is 0.204 e. The predicted molar refractivity (Wildman–Crippen MR) is 235 cm³/mol. The van der Waals surface area contributed by atoms with Gasteiger partial charge in [-0.3, -0.25) is 14.4 Å². The molecule has 284 valence electrons. The van der Waals surface area contributed by atoms with E-state index in [-0.39, 0.29) is 66.4 Å². The molecule has 0 aliphatic rings. The monoisotopic (exact) mass is 782 g/mol. The maximum absolute atomic E-state index is 14.7. The Hall–Kier alpha value is -8.43. The summed E-state index contributed by atoms with van der Waals surface area (Å²) in [5, 5.41) is 37.0. The Morgan fingerprint density at radius 2 is 0.950 bits per heavy atom. The van der Waals surface area contributed by atoms with Crippen LogP contribution in [0.4, 0.5) is 0 Å². The average molecular weight is 783 g/mol. The van der Waals surface area contributed by atoms with Crippen molar-refractivity contribution in [3.05, 3.63) is 170 Å². The number of hydrogen-bond acceptors (Lipinski definition) is 9. The van der Waals surface area contributed by atoms with Crippen molar-refractivity contribution in [3.63, 3.8) is 0 Å². The van der Waals surface area contributed by atoms with Gasteiger partial charge < -0.3 is 28.6 Å². The van der Waals surface area contributed by atoms with Crippen LogP contribution in [-0.4, -0.2) is 15.3 Å². The molecule has 3 N–H and O–H groups in total. The molecular formula is C51H26O9. The van der Waals surface area contributed by atoms with E-state index in [1.165, 1.54) is 30.3 Å². The van der Waals surface area contributed by atoms with Crippen molar-refractivity contribution < 1.29 is 28.6 Å². The zero-order valence-electron chi connectivity index (χ0n) is 31.1. The van der Waals surface area contributed by atoms with Gasteiger partial charge in [-0.1, -0.05) is 60.7 Å². The zero-order valence-corrected chi connectivity index (χ0v) is 31.1. The molecule has 12 rings (SSSR count). The van der Waals surface area contributed by atoms with Crippen LogP contribution in [0.15, 0.2) is 167 Å². The first kappa shape index (κ1) is 33.7. The van der Waals surface area contributed by atoms with Gasteiger partial charge in [0, 0.05) is 17.2 Å². The smallest absolute Gasteiger partial charge is 0.204 e. The van der Waals surface area contributed by atoms with Crippen molar-refractivity contribution in [2.45, 2.75) is 0 Å². The molecule has 0 spiro atoms.